The van der Waals surface area contributed by atoms with Crippen molar-refractivity contribution in [1.82, 2.24) is 30.5 Å². The molecule has 3 aromatic rings. The van der Waals surface area contributed by atoms with Crippen LogP contribution < -0.4 is 22.1 Å². The van der Waals surface area contributed by atoms with Crippen molar-refractivity contribution in [1.29, 1.82) is 0 Å². The number of unbranched alkanes of at least 4 members (excludes halogenated alkanes) is 1. The first-order valence-electron chi connectivity index (χ1n) is 13.9. The van der Waals surface area contributed by atoms with E-state index in [4.69, 9.17) is 11.5 Å². The number of fused-ring (bicyclic) bond motifs is 1. The van der Waals surface area contributed by atoms with Crippen LogP contribution in [0.15, 0.2) is 43.0 Å². The van der Waals surface area contributed by atoms with Crippen molar-refractivity contribution < 1.29 is 24.3 Å². The molecule has 0 radical (unpaired) electrons. The summed E-state index contributed by atoms with van der Waals surface area (Å²) in [6.45, 7) is 0.789. The zero-order chi connectivity index (χ0) is 29.4. The van der Waals surface area contributed by atoms with Gasteiger partial charge in [-0.25, -0.2) is 9.78 Å². The highest BCUT2D eigenvalue weighted by molar-refractivity contribution is 5.95. The largest absolute Gasteiger partial charge is 0.480 e. The number of amides is 3. The number of aromatic nitrogens is 3. The maximum absolute atomic E-state index is 13.6. The van der Waals surface area contributed by atoms with Crippen LogP contribution in [0, 0.1) is 0 Å². The van der Waals surface area contributed by atoms with Crippen molar-refractivity contribution in [3.63, 3.8) is 0 Å². The summed E-state index contributed by atoms with van der Waals surface area (Å²) in [6, 6.07) is 3.71. The van der Waals surface area contributed by atoms with Crippen LogP contribution in [0.5, 0.6) is 0 Å². The molecule has 1 saturated heterocycles. The van der Waals surface area contributed by atoms with Crippen LogP contribution in [0.4, 0.5) is 0 Å². The summed E-state index contributed by atoms with van der Waals surface area (Å²) in [6.07, 6.45) is 7.65. The molecule has 9 N–H and O–H groups in total. The molecule has 220 valence electrons. The van der Waals surface area contributed by atoms with Gasteiger partial charge in [-0.15, -0.1) is 0 Å². The molecule has 4 atom stereocenters. The number of aromatic amines is 2. The Bertz CT molecular complexity index is 1340. The number of H-pyrrole nitrogens is 2. The van der Waals surface area contributed by atoms with E-state index in [-0.39, 0.29) is 25.2 Å². The number of benzene rings is 1. The molecule has 3 amide bonds. The van der Waals surface area contributed by atoms with Gasteiger partial charge in [-0.3, -0.25) is 14.4 Å². The number of nitrogens with one attached hydrogen (secondary N) is 4. The summed E-state index contributed by atoms with van der Waals surface area (Å²) in [5, 5.41) is 16.0. The Balaban J connectivity index is 1.50. The Kier molecular flexibility index (Phi) is 10.1. The molecule has 3 heterocycles. The quantitative estimate of drug-likeness (QED) is 0.133. The number of nitrogens with zero attached hydrogens (tertiary/aromatic N) is 2. The number of aliphatic carboxylic acids is 1. The highest BCUT2D eigenvalue weighted by Crippen LogP contribution is 2.22. The molecule has 4 unspecified atom stereocenters. The molecule has 41 heavy (non-hydrogen) atoms. The maximum atomic E-state index is 13.6. The minimum absolute atomic E-state index is 0.122. The average molecular weight is 567 g/mol. The lowest BCUT2D eigenvalue weighted by Crippen LogP contribution is -2.57. The monoisotopic (exact) mass is 566 g/mol. The summed E-state index contributed by atoms with van der Waals surface area (Å²) in [5.41, 5.74) is 14.1. The number of hydrogen-bond donors (Lipinski definition) is 7. The molecule has 1 aliphatic heterocycles. The zero-order valence-corrected chi connectivity index (χ0v) is 22.8. The summed E-state index contributed by atoms with van der Waals surface area (Å²) in [5.74, 6) is -2.62. The molecule has 0 spiro atoms. The normalized spacial score (nSPS) is 17.2. The number of hydrogen-bond acceptors (Lipinski definition) is 7. The fraction of sp³-hybridized carbons (Fsp3) is 0.464. The van der Waals surface area contributed by atoms with Crippen molar-refractivity contribution in [3.05, 3.63) is 54.2 Å². The lowest BCUT2D eigenvalue weighted by atomic mass is 10.0. The smallest absolute Gasteiger partial charge is 0.326 e. The third kappa shape index (κ3) is 7.50. The van der Waals surface area contributed by atoms with Crippen molar-refractivity contribution in [2.24, 2.45) is 11.5 Å². The van der Waals surface area contributed by atoms with Crippen LogP contribution >= 0.6 is 0 Å². The van der Waals surface area contributed by atoms with E-state index < -0.39 is 42.0 Å². The Morgan fingerprint density at radius 1 is 1.10 bits per heavy atom. The first-order chi connectivity index (χ1) is 19.8. The van der Waals surface area contributed by atoms with Gasteiger partial charge in [-0.1, -0.05) is 18.2 Å². The number of carbonyl (C=O) groups excluding carboxylic acids is 3. The molecule has 2 aromatic heterocycles. The Labute approximate surface area is 237 Å². The van der Waals surface area contributed by atoms with Gasteiger partial charge in [0.15, 0.2) is 0 Å². The van der Waals surface area contributed by atoms with Crippen molar-refractivity contribution in [2.45, 2.75) is 69.1 Å². The molecular weight excluding hydrogens is 528 g/mol. The lowest BCUT2D eigenvalue weighted by molar-refractivity contribution is -0.143. The number of carboxylic acids is 1. The van der Waals surface area contributed by atoms with E-state index in [2.05, 4.69) is 25.6 Å². The Morgan fingerprint density at radius 3 is 2.63 bits per heavy atom. The van der Waals surface area contributed by atoms with E-state index in [0.717, 1.165) is 16.5 Å². The fourth-order valence-corrected chi connectivity index (χ4v) is 5.26. The molecule has 0 saturated carbocycles. The predicted octanol–water partition coefficient (Wildman–Crippen LogP) is 0.178. The second-order valence-electron chi connectivity index (χ2n) is 10.4. The van der Waals surface area contributed by atoms with E-state index in [9.17, 15) is 24.3 Å². The molecule has 0 aliphatic carbocycles. The van der Waals surface area contributed by atoms with E-state index in [1.807, 2.05) is 24.3 Å². The summed E-state index contributed by atoms with van der Waals surface area (Å²) in [7, 11) is 0. The third-order valence-corrected chi connectivity index (χ3v) is 7.44. The maximum Gasteiger partial charge on any atom is 0.326 e. The SMILES string of the molecule is NCCCCC(NC(=O)C(Cc1c[nH]c2ccccc12)NC(=O)C1CCCN1C(=O)C(N)Cc1cnc[nH]1)C(=O)O. The van der Waals surface area contributed by atoms with Gasteiger partial charge in [-0.05, 0) is 50.3 Å². The van der Waals surface area contributed by atoms with Gasteiger partial charge in [0.25, 0.3) is 0 Å². The van der Waals surface area contributed by atoms with Crippen LogP contribution in [-0.4, -0.2) is 85.9 Å². The first-order valence-corrected chi connectivity index (χ1v) is 13.9. The van der Waals surface area contributed by atoms with E-state index >= 15 is 0 Å². The molecule has 1 aromatic carbocycles. The number of imidazole rings is 1. The van der Waals surface area contributed by atoms with Crippen LogP contribution in [0.2, 0.25) is 0 Å². The van der Waals surface area contributed by atoms with Crippen molar-refractivity contribution >= 4 is 34.6 Å². The van der Waals surface area contributed by atoms with Crippen LogP contribution in [0.3, 0.4) is 0 Å². The first kappa shape index (κ1) is 29.7. The lowest BCUT2D eigenvalue weighted by Gasteiger charge is -2.28. The van der Waals surface area contributed by atoms with Crippen molar-refractivity contribution in [3.8, 4) is 0 Å². The third-order valence-electron chi connectivity index (χ3n) is 7.44. The molecule has 0 bridgehead atoms. The average Bonchev–Trinajstić information content (AvgIpc) is 3.73. The number of para-hydroxylation sites is 1. The fourth-order valence-electron chi connectivity index (χ4n) is 5.26. The Hall–Kier alpha value is -4.23. The van der Waals surface area contributed by atoms with Gasteiger partial charge >= 0.3 is 5.97 Å². The number of carboxylic acid groups (broad SMARTS) is 1. The van der Waals surface area contributed by atoms with Crippen molar-refractivity contribution in [2.75, 3.05) is 13.1 Å². The number of likely N-dealkylation sites (tertiary alicyclic amines) is 1. The summed E-state index contributed by atoms with van der Waals surface area (Å²) < 4.78 is 0. The molecule has 1 fully saturated rings. The highest BCUT2D eigenvalue weighted by atomic mass is 16.4. The van der Waals surface area contributed by atoms with Gasteiger partial charge in [0.1, 0.15) is 18.1 Å². The molecule has 1 aliphatic rings. The zero-order valence-electron chi connectivity index (χ0n) is 22.8. The molecule has 13 nitrogen and oxygen atoms in total. The van der Waals surface area contributed by atoms with Gasteiger partial charge in [-0.2, -0.15) is 0 Å². The van der Waals surface area contributed by atoms with Gasteiger partial charge in [0.2, 0.25) is 17.7 Å². The summed E-state index contributed by atoms with van der Waals surface area (Å²) in [4.78, 5) is 63.6. The van der Waals surface area contributed by atoms with Crippen LogP contribution in [0.1, 0.15) is 43.4 Å². The molecule has 13 heteroatoms. The molecule has 4 rings (SSSR count). The van der Waals surface area contributed by atoms with Crippen LogP contribution in [0.25, 0.3) is 10.9 Å². The summed E-state index contributed by atoms with van der Waals surface area (Å²) >= 11 is 0. The van der Waals surface area contributed by atoms with Gasteiger partial charge in [0, 0.05) is 48.4 Å². The van der Waals surface area contributed by atoms with Gasteiger partial charge in [0.05, 0.1) is 12.4 Å². The standard InChI is InChI=1S/C28H38N8O5/c29-10-4-3-8-22(28(40)41)34-25(37)23(12-17-14-32-21-7-2-1-6-19(17)21)35-26(38)24-9-5-11-36(24)27(39)20(30)13-18-15-31-16-33-18/h1-2,6-7,14-16,20,22-24,32H,3-5,8-13,29-30H2,(H,31,33)(H,34,37)(H,35,38)(H,40,41). The van der Waals surface area contributed by atoms with E-state index in [0.29, 0.717) is 44.5 Å². The number of nitrogens with two attached hydrogens (primary N) is 2. The topological polar surface area (TPSA) is 212 Å². The molecular formula is C28H38N8O5. The van der Waals surface area contributed by atoms with Crippen LogP contribution in [-0.2, 0) is 32.0 Å². The minimum atomic E-state index is -1.16. The van der Waals surface area contributed by atoms with E-state index in [1.165, 1.54) is 11.2 Å². The second-order valence-corrected chi connectivity index (χ2v) is 10.4. The number of rotatable bonds is 14. The Morgan fingerprint density at radius 2 is 1.90 bits per heavy atom. The second kappa shape index (κ2) is 13.9. The highest BCUT2D eigenvalue weighted by Gasteiger charge is 2.38. The van der Waals surface area contributed by atoms with E-state index in [1.54, 1.807) is 12.4 Å². The minimum Gasteiger partial charge on any atom is -0.480 e. The number of carbonyl (C=O) groups is 4. The predicted molar refractivity (Wildman–Crippen MR) is 151 cm³/mol. The van der Waals surface area contributed by atoms with Gasteiger partial charge < -0.3 is 42.1 Å².